The average molecular weight is 1330 g/mol. The number of hydrogen-bond acceptors (Lipinski definition) is 13. The predicted molar refractivity (Wildman–Crippen MR) is 331 cm³/mol. The minimum absolute atomic E-state index is 0.0239. The second-order valence-corrected chi connectivity index (χ2v) is 26.4. The lowest BCUT2D eigenvalue weighted by atomic mass is 9.97. The van der Waals surface area contributed by atoms with E-state index < -0.39 is 44.6 Å². The molecule has 0 aliphatic carbocycles. The zero-order chi connectivity index (χ0) is 63.8. The number of aromatic nitrogens is 8. The Hall–Kier alpha value is -7.57. The summed E-state index contributed by atoms with van der Waals surface area (Å²) in [4.78, 5) is 48.4. The number of rotatable bonds is 5. The number of H-pyrrole nitrogens is 4. The number of carbonyl (C=O) groups is 3. The van der Waals surface area contributed by atoms with Gasteiger partial charge in [-0.1, -0.05) is 27.5 Å². The number of nitrogens with one attached hydrogen (secondary N) is 5. The van der Waals surface area contributed by atoms with Crippen LogP contribution >= 0.6 is 27.5 Å². The topological polar surface area (TPSA) is 238 Å². The summed E-state index contributed by atoms with van der Waals surface area (Å²) in [5.41, 5.74) is 3.07. The van der Waals surface area contributed by atoms with Gasteiger partial charge in [-0.25, -0.2) is 13.2 Å². The molecular formula is C57H69BrClF6N17O5S. The number of urea groups is 1. The number of carbonyl (C=O) groups excluding carboxylic acids is 3. The maximum Gasteiger partial charge on any atom is 0.416 e. The number of fused-ring (bicyclic) bond motifs is 4. The summed E-state index contributed by atoms with van der Waals surface area (Å²) in [6.45, 7) is 18.9. The number of amides is 4. The van der Waals surface area contributed by atoms with Crippen LogP contribution in [0.5, 0.6) is 0 Å². The van der Waals surface area contributed by atoms with E-state index in [1.807, 2.05) is 59.1 Å². The highest BCUT2D eigenvalue weighted by Crippen LogP contribution is 2.40. The number of halogens is 8. The van der Waals surface area contributed by atoms with Crippen molar-refractivity contribution in [2.75, 3.05) is 125 Å². The molecular weight excluding hydrogens is 1260 g/mol. The number of alkyl halides is 6. The van der Waals surface area contributed by atoms with Crippen molar-refractivity contribution >= 4 is 122 Å². The summed E-state index contributed by atoms with van der Waals surface area (Å²) >= 11 is 9.68. The van der Waals surface area contributed by atoms with Gasteiger partial charge in [-0.3, -0.25) is 30.0 Å². The van der Waals surface area contributed by atoms with Crippen molar-refractivity contribution in [3.63, 3.8) is 0 Å². The lowest BCUT2D eigenvalue weighted by Crippen LogP contribution is -2.60. The van der Waals surface area contributed by atoms with Crippen LogP contribution in [-0.2, 0) is 32.0 Å². The van der Waals surface area contributed by atoms with Gasteiger partial charge in [-0.05, 0) is 76.2 Å². The Morgan fingerprint density at radius 1 is 0.534 bits per heavy atom. The van der Waals surface area contributed by atoms with Gasteiger partial charge in [-0.15, -0.1) is 0 Å². The average Bonchev–Trinajstić information content (AvgIpc) is 1.35. The zero-order valence-electron chi connectivity index (χ0n) is 49.7. The molecule has 12 rings (SSSR count). The van der Waals surface area contributed by atoms with Gasteiger partial charge >= 0.3 is 18.4 Å². The molecule has 0 radical (unpaired) electrons. The molecule has 4 saturated heterocycles. The van der Waals surface area contributed by atoms with Gasteiger partial charge in [0.05, 0.1) is 69.8 Å². The van der Waals surface area contributed by atoms with Crippen molar-refractivity contribution in [3.8, 4) is 0 Å². The Morgan fingerprint density at radius 3 is 1.32 bits per heavy atom. The lowest BCUT2D eigenvalue weighted by Gasteiger charge is -2.47. The van der Waals surface area contributed by atoms with E-state index in [9.17, 15) is 49.1 Å². The van der Waals surface area contributed by atoms with E-state index in [-0.39, 0.29) is 30.9 Å². The molecule has 4 aliphatic heterocycles. The van der Waals surface area contributed by atoms with E-state index in [4.69, 9.17) is 11.6 Å². The Morgan fingerprint density at radius 2 is 0.920 bits per heavy atom. The fraction of sp³-hybridized carbons (Fsp3) is 0.456. The van der Waals surface area contributed by atoms with Crippen LogP contribution in [0, 0.1) is 0 Å². The third kappa shape index (κ3) is 14.4. The van der Waals surface area contributed by atoms with Crippen LogP contribution in [0.15, 0.2) is 77.8 Å². The number of anilines is 4. The summed E-state index contributed by atoms with van der Waals surface area (Å²) in [5, 5.41) is 33.8. The van der Waals surface area contributed by atoms with Crippen molar-refractivity contribution < 1.29 is 49.1 Å². The molecule has 4 aromatic heterocycles. The number of piperazine rings is 4. The first-order valence-electron chi connectivity index (χ1n) is 28.1. The third-order valence-corrected chi connectivity index (χ3v) is 18.3. The second-order valence-electron chi connectivity index (χ2n) is 23.2. The molecule has 474 valence electrons. The van der Waals surface area contributed by atoms with Crippen molar-refractivity contribution in [2.24, 2.45) is 0 Å². The van der Waals surface area contributed by atoms with Crippen LogP contribution in [0.1, 0.15) is 52.7 Å². The molecule has 8 aromatic rings. The minimum atomic E-state index is -4.47. The molecule has 5 N–H and O–H groups in total. The molecule has 0 atom stereocenters. The number of nitrogens with zero attached hydrogens (tertiary/aromatic N) is 12. The predicted octanol–water partition coefficient (Wildman–Crippen LogP) is 9.14. The first kappa shape index (κ1) is 64.9. The molecule has 0 spiro atoms. The standard InChI is InChI=1S/C16H19F3N4O.C15H19F3N4O2S.C13H15BrN4O.C13H16ClN5O/c1-10(24)23-5-4-22(9-15(23,2)3)14-7-11(16(17,18)19)6-13-12(14)8-20-21-13;1-14(2)9-21(4-5-22(14)25(3,23)24)13-7-10(15(16,17)18)6-12-11(13)8-19-20-12;1-9(19)17-2-4-18(5-3-17)13-7-10(14)6-12-11(13)8-15-16-12;1-15-13(20)19-4-2-18(3-5-19)12-7-9(14)6-11-10(12)8-16-17-11/h6-8H,4-5,9H2,1-3H3,(H,20,21);6-8H,4-5,9H2,1-3H3,(H,19,20);6-8H,2-5H2,1H3,(H,15,16);6-8H,2-5H2,1H3,(H,15,20)(H,16,17). The SMILES string of the molecule is CC(=O)N1CCN(c2cc(Br)cc3[nH]ncc23)CC1.CC(=O)N1CCN(c2cc(C(F)(F)F)cc3[nH]ncc23)CC1(C)C.CC1(C)CN(c2cc(C(F)(F)F)cc3[nH]ncc23)CCN1S(C)(=O)=O.CNC(=O)N1CCN(c2cc(Cl)cc3[nH]ncc23)CC1. The van der Waals surface area contributed by atoms with E-state index in [2.05, 4.69) is 77.9 Å². The van der Waals surface area contributed by atoms with Gasteiger partial charge in [0, 0.05) is 172 Å². The minimum Gasteiger partial charge on any atom is -0.368 e. The van der Waals surface area contributed by atoms with Crippen molar-refractivity contribution in [2.45, 2.75) is 65.0 Å². The van der Waals surface area contributed by atoms with Gasteiger partial charge < -0.3 is 39.6 Å². The van der Waals surface area contributed by atoms with Gasteiger partial charge in [-0.2, -0.15) is 51.0 Å². The summed E-state index contributed by atoms with van der Waals surface area (Å²) in [7, 11) is -1.74. The van der Waals surface area contributed by atoms with Crippen molar-refractivity contribution in [1.82, 2.24) is 65.1 Å². The van der Waals surface area contributed by atoms with Gasteiger partial charge in [0.15, 0.2) is 0 Å². The summed E-state index contributed by atoms with van der Waals surface area (Å²) in [5.74, 6) is 0.125. The van der Waals surface area contributed by atoms with Crippen LogP contribution < -0.4 is 24.9 Å². The Labute approximate surface area is 517 Å². The summed E-state index contributed by atoms with van der Waals surface area (Å²) in [6, 6.07) is 12.3. The van der Waals surface area contributed by atoms with E-state index in [0.717, 1.165) is 102 Å². The molecule has 0 saturated carbocycles. The molecule has 88 heavy (non-hydrogen) atoms. The van der Waals surface area contributed by atoms with Gasteiger partial charge in [0.25, 0.3) is 0 Å². The number of benzene rings is 4. The molecule has 0 unspecified atom stereocenters. The quantitative estimate of drug-likeness (QED) is 0.101. The number of aromatic amines is 4. The van der Waals surface area contributed by atoms with Crippen LogP contribution in [0.4, 0.5) is 53.9 Å². The molecule has 4 amide bonds. The van der Waals surface area contributed by atoms with E-state index in [1.165, 1.54) is 29.3 Å². The maximum atomic E-state index is 13.2. The van der Waals surface area contributed by atoms with Gasteiger partial charge in [0.2, 0.25) is 21.8 Å². The first-order chi connectivity index (χ1) is 41.3. The summed E-state index contributed by atoms with van der Waals surface area (Å²) < 4.78 is 105. The normalized spacial score (nSPS) is 17.6. The second kappa shape index (κ2) is 25.5. The van der Waals surface area contributed by atoms with Crippen LogP contribution in [0.2, 0.25) is 5.02 Å². The van der Waals surface area contributed by atoms with E-state index >= 15 is 0 Å². The molecule has 31 heteroatoms. The van der Waals surface area contributed by atoms with Crippen LogP contribution in [0.3, 0.4) is 0 Å². The highest BCUT2D eigenvalue weighted by molar-refractivity contribution is 9.10. The molecule has 0 bridgehead atoms. The van der Waals surface area contributed by atoms with Crippen LogP contribution in [0.25, 0.3) is 43.6 Å². The number of hydrogen-bond donors (Lipinski definition) is 5. The molecule has 4 aliphatic rings. The molecule has 4 aromatic carbocycles. The Kier molecular flexibility index (Phi) is 18.8. The third-order valence-electron chi connectivity index (χ3n) is 16.1. The van der Waals surface area contributed by atoms with Crippen LogP contribution in [-0.4, -0.2) is 202 Å². The zero-order valence-corrected chi connectivity index (χ0v) is 52.8. The highest BCUT2D eigenvalue weighted by Gasteiger charge is 2.41. The summed E-state index contributed by atoms with van der Waals surface area (Å²) in [6.07, 6.45) is -1.07. The highest BCUT2D eigenvalue weighted by atomic mass is 79.9. The van der Waals surface area contributed by atoms with Crippen molar-refractivity contribution in [1.29, 1.82) is 0 Å². The number of sulfonamides is 1. The van der Waals surface area contributed by atoms with E-state index in [0.29, 0.717) is 77.5 Å². The molecule has 22 nitrogen and oxygen atoms in total. The Balaban J connectivity index is 0.000000140. The fourth-order valence-corrected chi connectivity index (χ4v) is 13.9. The molecule has 8 heterocycles. The van der Waals surface area contributed by atoms with Gasteiger partial charge in [0.1, 0.15) is 0 Å². The maximum absolute atomic E-state index is 13.2. The smallest absolute Gasteiger partial charge is 0.368 e. The largest absolute Gasteiger partial charge is 0.416 e. The lowest BCUT2D eigenvalue weighted by molar-refractivity contribution is -0.138. The fourth-order valence-electron chi connectivity index (χ4n) is 11.9. The first-order valence-corrected chi connectivity index (χ1v) is 31.2. The Bertz CT molecular complexity index is 3950. The molecule has 4 fully saturated rings. The monoisotopic (exact) mass is 1330 g/mol. The van der Waals surface area contributed by atoms with E-state index in [1.54, 1.807) is 37.6 Å². The van der Waals surface area contributed by atoms with Crippen molar-refractivity contribution in [3.05, 3.63) is 93.9 Å².